The minimum Gasteiger partial charge on any atom is -0.452 e. The Morgan fingerprint density at radius 3 is 2.41 bits per heavy atom. The van der Waals surface area contributed by atoms with Gasteiger partial charge in [-0.15, -0.1) is 0 Å². The minimum atomic E-state index is -3.94. The van der Waals surface area contributed by atoms with E-state index in [1.807, 2.05) is 0 Å². The summed E-state index contributed by atoms with van der Waals surface area (Å²) in [6, 6.07) is 3.87. The zero-order valence-corrected chi connectivity index (χ0v) is 19.1. The molecule has 0 aromatic heterocycles. The van der Waals surface area contributed by atoms with Crippen LogP contribution in [0, 0.1) is 23.0 Å². The molecule has 1 aliphatic heterocycles. The first-order chi connectivity index (χ1) is 15.1. The Hall–Kier alpha value is -2.53. The van der Waals surface area contributed by atoms with Crippen LogP contribution in [0.4, 0.5) is 5.69 Å². The van der Waals surface area contributed by atoms with Gasteiger partial charge in [0, 0.05) is 31.3 Å². The molecule has 1 aromatic rings. The molecule has 2 fully saturated rings. The Morgan fingerprint density at radius 1 is 1.19 bits per heavy atom. The number of nitro benzene ring substituents is 1. The highest BCUT2D eigenvalue weighted by Crippen LogP contribution is 2.29. The summed E-state index contributed by atoms with van der Waals surface area (Å²) in [6.45, 7) is 3.30. The van der Waals surface area contributed by atoms with Crippen molar-refractivity contribution in [2.24, 2.45) is 5.92 Å². The molecular formula is C21H29N3O7S. The van der Waals surface area contributed by atoms with E-state index in [1.54, 1.807) is 6.92 Å². The van der Waals surface area contributed by atoms with Crippen molar-refractivity contribution in [2.75, 3.05) is 13.1 Å². The van der Waals surface area contributed by atoms with Crippen LogP contribution in [0.5, 0.6) is 0 Å². The maximum absolute atomic E-state index is 13.0. The van der Waals surface area contributed by atoms with Crippen LogP contribution in [-0.4, -0.2) is 54.8 Å². The number of nitrogens with one attached hydrogen (secondary N) is 1. The van der Waals surface area contributed by atoms with E-state index in [1.165, 1.54) is 23.4 Å². The average Bonchev–Trinajstić information content (AvgIpc) is 3.26. The van der Waals surface area contributed by atoms with Gasteiger partial charge in [-0.1, -0.05) is 18.9 Å². The molecule has 2 aliphatic rings. The molecule has 1 aromatic carbocycles. The summed E-state index contributed by atoms with van der Waals surface area (Å²) in [5.74, 6) is -1.33. The van der Waals surface area contributed by atoms with E-state index in [-0.39, 0.29) is 48.5 Å². The van der Waals surface area contributed by atoms with Crippen molar-refractivity contribution in [1.82, 2.24) is 9.62 Å². The number of carbonyl (C=O) groups excluding carboxylic acids is 2. The van der Waals surface area contributed by atoms with Crippen LogP contribution in [0.2, 0.25) is 0 Å². The van der Waals surface area contributed by atoms with Crippen molar-refractivity contribution in [1.29, 1.82) is 0 Å². The van der Waals surface area contributed by atoms with Crippen LogP contribution in [-0.2, 0) is 24.3 Å². The predicted molar refractivity (Wildman–Crippen MR) is 115 cm³/mol. The maximum Gasteiger partial charge on any atom is 0.309 e. The third-order valence-electron chi connectivity index (χ3n) is 6.15. The van der Waals surface area contributed by atoms with Crippen molar-refractivity contribution >= 4 is 27.6 Å². The highest BCUT2D eigenvalue weighted by atomic mass is 32.2. The van der Waals surface area contributed by atoms with Crippen LogP contribution in [0.25, 0.3) is 0 Å². The number of rotatable bonds is 7. The minimum absolute atomic E-state index is 0.0902. The van der Waals surface area contributed by atoms with Gasteiger partial charge in [0.2, 0.25) is 10.0 Å². The number of piperidine rings is 1. The largest absolute Gasteiger partial charge is 0.452 e. The number of non-ortho nitro benzene ring substituents is 1. The van der Waals surface area contributed by atoms with Gasteiger partial charge in [-0.25, -0.2) is 8.42 Å². The number of aryl methyl sites for hydroxylation is 1. The van der Waals surface area contributed by atoms with Crippen LogP contribution in [0.1, 0.15) is 51.0 Å². The summed E-state index contributed by atoms with van der Waals surface area (Å²) in [5, 5.41) is 13.9. The zero-order valence-electron chi connectivity index (χ0n) is 18.3. The number of hydrogen-bond acceptors (Lipinski definition) is 7. The molecule has 1 saturated heterocycles. The molecule has 0 bridgehead atoms. The Bertz CT molecular complexity index is 981. The molecule has 1 amide bonds. The van der Waals surface area contributed by atoms with E-state index in [0.29, 0.717) is 5.56 Å². The lowest BCUT2D eigenvalue weighted by Gasteiger charge is -2.31. The zero-order chi connectivity index (χ0) is 23.5. The average molecular weight is 468 g/mol. The number of ether oxygens (including phenoxy) is 1. The highest BCUT2D eigenvalue weighted by molar-refractivity contribution is 7.89. The first kappa shape index (κ1) is 24.1. The van der Waals surface area contributed by atoms with Crippen LogP contribution in [0.15, 0.2) is 23.1 Å². The monoisotopic (exact) mass is 467 g/mol. The van der Waals surface area contributed by atoms with Gasteiger partial charge >= 0.3 is 5.97 Å². The molecule has 176 valence electrons. The normalized spacial score (nSPS) is 19.4. The van der Waals surface area contributed by atoms with E-state index in [9.17, 15) is 28.1 Å². The number of benzene rings is 1. The van der Waals surface area contributed by atoms with E-state index in [2.05, 4.69) is 5.32 Å². The molecule has 0 radical (unpaired) electrons. The summed E-state index contributed by atoms with van der Waals surface area (Å²) in [5.41, 5.74) is 0.122. The molecule has 10 nitrogen and oxygen atoms in total. The van der Waals surface area contributed by atoms with E-state index in [0.717, 1.165) is 31.7 Å². The molecule has 1 N–H and O–H groups in total. The quantitative estimate of drug-likeness (QED) is 0.369. The smallest absolute Gasteiger partial charge is 0.309 e. The van der Waals surface area contributed by atoms with Gasteiger partial charge in [0.25, 0.3) is 11.6 Å². The first-order valence-electron chi connectivity index (χ1n) is 10.9. The molecule has 0 unspecified atom stereocenters. The topological polar surface area (TPSA) is 136 Å². The molecule has 32 heavy (non-hydrogen) atoms. The van der Waals surface area contributed by atoms with Gasteiger partial charge in [0.1, 0.15) is 0 Å². The van der Waals surface area contributed by atoms with Crippen molar-refractivity contribution in [3.8, 4) is 0 Å². The second-order valence-corrected chi connectivity index (χ2v) is 10.4. The highest BCUT2D eigenvalue weighted by Gasteiger charge is 2.35. The van der Waals surface area contributed by atoms with Crippen molar-refractivity contribution in [3.63, 3.8) is 0 Å². The van der Waals surface area contributed by atoms with E-state index in [4.69, 9.17) is 4.74 Å². The Kier molecular flexibility index (Phi) is 7.50. The molecule has 1 saturated carbocycles. The number of hydrogen-bond donors (Lipinski definition) is 1. The van der Waals surface area contributed by atoms with Gasteiger partial charge in [0.15, 0.2) is 6.10 Å². The van der Waals surface area contributed by atoms with Crippen LogP contribution >= 0.6 is 0 Å². The van der Waals surface area contributed by atoms with E-state index >= 15 is 0 Å². The Morgan fingerprint density at radius 2 is 1.81 bits per heavy atom. The standard InChI is InChI=1S/C21H29N3O7S/c1-14-7-8-18(24(27)28)13-19(14)32(29,30)23-11-9-16(10-12-23)21(26)31-15(2)20(25)22-17-5-3-4-6-17/h7-8,13,15-17H,3-6,9-12H2,1-2H3,(H,22,25)/t15-/m1/s1. The number of nitro groups is 1. The molecule has 0 spiro atoms. The van der Waals surface area contributed by atoms with Crippen LogP contribution in [0.3, 0.4) is 0 Å². The summed E-state index contributed by atoms with van der Waals surface area (Å²) in [6.07, 6.45) is 3.63. The molecule has 3 rings (SSSR count). The van der Waals surface area contributed by atoms with Gasteiger partial charge in [-0.05, 0) is 45.1 Å². The number of carbonyl (C=O) groups is 2. The predicted octanol–water partition coefficient (Wildman–Crippen LogP) is 2.29. The summed E-state index contributed by atoms with van der Waals surface area (Å²) in [7, 11) is -3.94. The summed E-state index contributed by atoms with van der Waals surface area (Å²) in [4.78, 5) is 35.0. The number of amides is 1. The van der Waals surface area contributed by atoms with Gasteiger partial charge in [0.05, 0.1) is 15.7 Å². The third-order valence-corrected chi connectivity index (χ3v) is 8.19. The van der Waals surface area contributed by atoms with E-state index < -0.39 is 32.9 Å². The number of esters is 1. The fourth-order valence-corrected chi connectivity index (χ4v) is 5.88. The second-order valence-electron chi connectivity index (χ2n) is 8.45. The van der Waals surface area contributed by atoms with Gasteiger partial charge in [-0.2, -0.15) is 4.31 Å². The van der Waals surface area contributed by atoms with Gasteiger partial charge < -0.3 is 10.1 Å². The van der Waals surface area contributed by atoms with Gasteiger partial charge in [-0.3, -0.25) is 19.7 Å². The molecule has 1 heterocycles. The van der Waals surface area contributed by atoms with Crippen molar-refractivity contribution in [2.45, 2.75) is 69.4 Å². The molecular weight excluding hydrogens is 438 g/mol. The molecule has 1 atom stereocenters. The lowest BCUT2D eigenvalue weighted by atomic mass is 9.98. The second kappa shape index (κ2) is 9.95. The fraction of sp³-hybridized carbons (Fsp3) is 0.619. The molecule has 1 aliphatic carbocycles. The SMILES string of the molecule is Cc1ccc([N+](=O)[O-])cc1S(=O)(=O)N1CCC(C(=O)O[C@H](C)C(=O)NC2CCCC2)CC1. The Labute approximate surface area is 187 Å². The first-order valence-corrected chi connectivity index (χ1v) is 12.3. The number of sulfonamides is 1. The molecule has 11 heteroatoms. The lowest BCUT2D eigenvalue weighted by molar-refractivity contribution is -0.385. The van der Waals surface area contributed by atoms with Crippen molar-refractivity contribution < 1.29 is 27.7 Å². The van der Waals surface area contributed by atoms with Crippen molar-refractivity contribution in [3.05, 3.63) is 33.9 Å². The third kappa shape index (κ3) is 5.44. The lowest BCUT2D eigenvalue weighted by Crippen LogP contribution is -2.44. The summed E-state index contributed by atoms with van der Waals surface area (Å²) >= 11 is 0. The fourth-order valence-electron chi connectivity index (χ4n) is 4.16. The maximum atomic E-state index is 13.0. The Balaban J connectivity index is 1.57. The number of nitrogens with zero attached hydrogens (tertiary/aromatic N) is 2. The van der Waals surface area contributed by atoms with Crippen LogP contribution < -0.4 is 5.32 Å². The summed E-state index contributed by atoms with van der Waals surface area (Å²) < 4.78 is 32.6.